The molecule has 4 aromatic heterocycles. The maximum Gasteiger partial charge on any atom is 0.152 e. The highest BCUT2D eigenvalue weighted by Gasteiger charge is 2.18. The van der Waals surface area contributed by atoms with Crippen LogP contribution in [0.4, 0.5) is 5.82 Å². The molecule has 0 aliphatic rings. The lowest BCUT2D eigenvalue weighted by Crippen LogP contribution is -2.12. The van der Waals surface area contributed by atoms with Gasteiger partial charge in [0.25, 0.3) is 0 Å². The second-order valence-electron chi connectivity index (χ2n) is 8.19. The first-order valence-corrected chi connectivity index (χ1v) is 12.0. The number of unbranched alkanes of at least 4 members (excludes halogenated alkanes) is 1. The van der Waals surface area contributed by atoms with E-state index in [9.17, 15) is 0 Å². The van der Waals surface area contributed by atoms with Gasteiger partial charge in [0.1, 0.15) is 11.3 Å². The molecule has 7 heteroatoms. The summed E-state index contributed by atoms with van der Waals surface area (Å²) in [6.07, 6.45) is 7.16. The predicted octanol–water partition coefficient (Wildman–Crippen LogP) is 5.24. The number of aryl methyl sites for hydroxylation is 1. The number of anilines is 1. The van der Waals surface area contributed by atoms with Crippen molar-refractivity contribution in [3.63, 3.8) is 0 Å². The first-order valence-electron chi connectivity index (χ1n) is 11.1. The van der Waals surface area contributed by atoms with Crippen LogP contribution in [0.1, 0.15) is 42.3 Å². The van der Waals surface area contributed by atoms with Crippen molar-refractivity contribution in [1.82, 2.24) is 24.8 Å². The molecule has 5 rings (SSSR count). The van der Waals surface area contributed by atoms with Crippen LogP contribution in [-0.4, -0.2) is 19.5 Å². The summed E-state index contributed by atoms with van der Waals surface area (Å²) in [5, 5.41) is 5.57. The zero-order chi connectivity index (χ0) is 21.9. The van der Waals surface area contributed by atoms with Crippen LogP contribution in [-0.2, 0) is 26.1 Å². The van der Waals surface area contributed by atoms with Gasteiger partial charge in [-0.1, -0.05) is 37.6 Å². The van der Waals surface area contributed by atoms with Crippen molar-refractivity contribution in [2.75, 3.05) is 5.73 Å². The van der Waals surface area contributed by atoms with Gasteiger partial charge in [-0.2, -0.15) is 0 Å². The number of fused-ring (bicyclic) bond motifs is 3. The number of hydrogen-bond acceptors (Lipinski definition) is 5. The highest BCUT2D eigenvalue weighted by atomic mass is 32.1. The van der Waals surface area contributed by atoms with Crippen LogP contribution in [0.25, 0.3) is 21.3 Å². The van der Waals surface area contributed by atoms with Gasteiger partial charge in [-0.15, -0.1) is 11.3 Å². The molecule has 4 N–H and O–H groups in total. The number of hydrogen-bond donors (Lipinski definition) is 3. The lowest BCUT2D eigenvalue weighted by molar-refractivity contribution is 0.686. The number of nitrogens with zero attached hydrogens (tertiary/aromatic N) is 3. The average Bonchev–Trinajstić information content (AvgIpc) is 3.54. The molecular formula is C25H28N6S. The Kier molecular flexibility index (Phi) is 5.92. The number of benzene rings is 1. The van der Waals surface area contributed by atoms with Crippen LogP contribution in [0.15, 0.2) is 54.2 Å². The van der Waals surface area contributed by atoms with Crippen LogP contribution in [0.3, 0.4) is 0 Å². The van der Waals surface area contributed by atoms with Gasteiger partial charge in [-0.05, 0) is 40.6 Å². The molecule has 0 amide bonds. The number of pyridine rings is 1. The molecule has 0 spiro atoms. The minimum Gasteiger partial charge on any atom is -0.382 e. The predicted molar refractivity (Wildman–Crippen MR) is 133 cm³/mol. The number of aromatic nitrogens is 4. The third kappa shape index (κ3) is 4.13. The van der Waals surface area contributed by atoms with Crippen molar-refractivity contribution >= 4 is 38.4 Å². The van der Waals surface area contributed by atoms with E-state index in [1.54, 1.807) is 11.3 Å². The summed E-state index contributed by atoms with van der Waals surface area (Å²) in [5.74, 6) is 1.61. The Hall–Kier alpha value is -3.16. The molecule has 4 heterocycles. The zero-order valence-corrected chi connectivity index (χ0v) is 19.1. The van der Waals surface area contributed by atoms with Crippen molar-refractivity contribution in [2.24, 2.45) is 0 Å². The summed E-state index contributed by atoms with van der Waals surface area (Å²) >= 11 is 1.71. The van der Waals surface area contributed by atoms with Gasteiger partial charge in [0.15, 0.2) is 5.82 Å². The first kappa shape index (κ1) is 20.7. The topological polar surface area (TPSA) is 84.5 Å². The van der Waals surface area contributed by atoms with Crippen LogP contribution in [0.2, 0.25) is 0 Å². The summed E-state index contributed by atoms with van der Waals surface area (Å²) in [7, 11) is 0. The summed E-state index contributed by atoms with van der Waals surface area (Å²) in [5.41, 5.74) is 13.0. The molecule has 0 unspecified atom stereocenters. The fourth-order valence-corrected chi connectivity index (χ4v) is 5.01. The van der Waals surface area contributed by atoms with Crippen molar-refractivity contribution in [2.45, 2.75) is 45.8 Å². The van der Waals surface area contributed by atoms with Gasteiger partial charge in [0, 0.05) is 38.4 Å². The van der Waals surface area contributed by atoms with E-state index in [0.29, 0.717) is 5.82 Å². The number of nitrogen functional groups attached to an aromatic ring is 1. The second-order valence-corrected chi connectivity index (χ2v) is 9.10. The van der Waals surface area contributed by atoms with Gasteiger partial charge in [0.05, 0.1) is 15.7 Å². The highest BCUT2D eigenvalue weighted by molar-refractivity contribution is 7.18. The van der Waals surface area contributed by atoms with Crippen molar-refractivity contribution in [1.29, 1.82) is 0 Å². The lowest BCUT2D eigenvalue weighted by Gasteiger charge is -2.11. The van der Waals surface area contributed by atoms with E-state index < -0.39 is 0 Å². The van der Waals surface area contributed by atoms with Gasteiger partial charge in [-0.3, -0.25) is 0 Å². The summed E-state index contributed by atoms with van der Waals surface area (Å²) in [6.45, 7) is 4.70. The number of H-pyrrole nitrogens is 1. The maximum atomic E-state index is 6.30. The number of aromatic amines is 1. The third-order valence-corrected chi connectivity index (χ3v) is 6.74. The number of thiophene rings is 1. The van der Waals surface area contributed by atoms with E-state index in [1.807, 2.05) is 18.5 Å². The molecule has 0 aliphatic heterocycles. The number of nitrogens with one attached hydrogen (secondary N) is 2. The van der Waals surface area contributed by atoms with E-state index >= 15 is 0 Å². The minimum absolute atomic E-state index is 0.520. The van der Waals surface area contributed by atoms with Crippen LogP contribution < -0.4 is 11.1 Å². The minimum atomic E-state index is 0.520. The van der Waals surface area contributed by atoms with Crippen LogP contribution in [0.5, 0.6) is 0 Å². The molecule has 0 aliphatic carbocycles. The fourth-order valence-electron chi connectivity index (χ4n) is 4.12. The number of imidazole rings is 1. The van der Waals surface area contributed by atoms with E-state index in [0.717, 1.165) is 66.0 Å². The van der Waals surface area contributed by atoms with E-state index in [-0.39, 0.29) is 0 Å². The average molecular weight is 445 g/mol. The number of nitrogens with two attached hydrogens (primary N) is 1. The van der Waals surface area contributed by atoms with Gasteiger partial charge >= 0.3 is 0 Å². The Morgan fingerprint density at radius 1 is 1.03 bits per heavy atom. The molecule has 0 atom stereocenters. The standard InChI is InChI=1S/C25H28N6S/c1-2-3-4-21-30-22-23(24-20(10-12-32-24)29-25(22)26)31(21)16-18-7-5-17(6-8-18)13-28-15-19-9-11-27-14-19/h5-12,14,27-28H,2-4,13,15-16H2,1H3,(H2,26,29). The normalized spacial score (nSPS) is 11.7. The summed E-state index contributed by atoms with van der Waals surface area (Å²) in [6, 6.07) is 13.0. The fraction of sp³-hybridized carbons (Fsp3) is 0.280. The molecular weight excluding hydrogens is 416 g/mol. The Morgan fingerprint density at radius 3 is 2.62 bits per heavy atom. The van der Waals surface area contributed by atoms with E-state index in [1.165, 1.54) is 16.7 Å². The highest BCUT2D eigenvalue weighted by Crippen LogP contribution is 2.33. The van der Waals surface area contributed by atoms with Crippen LogP contribution in [0, 0.1) is 0 Å². The molecule has 0 saturated heterocycles. The van der Waals surface area contributed by atoms with Crippen molar-refractivity contribution in [3.05, 3.63) is 76.7 Å². The molecule has 0 saturated carbocycles. The Balaban J connectivity index is 1.41. The maximum absolute atomic E-state index is 6.30. The lowest BCUT2D eigenvalue weighted by atomic mass is 10.1. The van der Waals surface area contributed by atoms with Crippen molar-refractivity contribution < 1.29 is 0 Å². The summed E-state index contributed by atoms with van der Waals surface area (Å²) < 4.78 is 3.51. The monoisotopic (exact) mass is 444 g/mol. The quantitative estimate of drug-likeness (QED) is 0.290. The largest absolute Gasteiger partial charge is 0.382 e. The van der Waals surface area contributed by atoms with E-state index in [4.69, 9.17) is 10.7 Å². The molecule has 5 aromatic rings. The Labute approximate surface area is 191 Å². The summed E-state index contributed by atoms with van der Waals surface area (Å²) in [4.78, 5) is 12.6. The van der Waals surface area contributed by atoms with Gasteiger partial charge < -0.3 is 20.6 Å². The second kappa shape index (κ2) is 9.14. The molecule has 0 fully saturated rings. The zero-order valence-electron chi connectivity index (χ0n) is 18.3. The van der Waals surface area contributed by atoms with Crippen molar-refractivity contribution in [3.8, 4) is 0 Å². The Bertz CT molecular complexity index is 1310. The Morgan fingerprint density at radius 2 is 1.84 bits per heavy atom. The smallest absolute Gasteiger partial charge is 0.152 e. The molecule has 1 aromatic carbocycles. The molecule has 32 heavy (non-hydrogen) atoms. The molecule has 0 radical (unpaired) electrons. The number of rotatable bonds is 9. The first-order chi connectivity index (χ1) is 15.7. The van der Waals surface area contributed by atoms with Gasteiger partial charge in [0.2, 0.25) is 0 Å². The van der Waals surface area contributed by atoms with Crippen LogP contribution >= 0.6 is 11.3 Å². The van der Waals surface area contributed by atoms with Gasteiger partial charge in [-0.25, -0.2) is 9.97 Å². The SMILES string of the molecule is CCCCc1nc2c(N)nc3ccsc3c2n1Cc1ccc(CNCc2cc[nH]c2)cc1. The van der Waals surface area contributed by atoms with E-state index in [2.05, 4.69) is 62.5 Å². The molecule has 164 valence electrons. The third-order valence-electron chi connectivity index (χ3n) is 5.83. The molecule has 6 nitrogen and oxygen atoms in total. The molecule has 0 bridgehead atoms.